The number of carbonyl (C=O) groups excluding carboxylic acids is 2. The summed E-state index contributed by atoms with van der Waals surface area (Å²) in [5, 5.41) is 5.27. The van der Waals surface area contributed by atoms with Crippen molar-refractivity contribution in [2.24, 2.45) is 0 Å². The normalized spacial score (nSPS) is 13.9. The van der Waals surface area contributed by atoms with E-state index in [0.717, 1.165) is 24.8 Å². The SMILES string of the molecule is COc1ccc(C)cc1NC(=O)C(=O)NCCC1=CCCCC1. The van der Waals surface area contributed by atoms with Crippen molar-refractivity contribution in [3.8, 4) is 5.75 Å². The zero-order valence-electron chi connectivity index (χ0n) is 13.8. The van der Waals surface area contributed by atoms with Crippen LogP contribution in [0.15, 0.2) is 29.8 Å². The molecule has 5 heteroatoms. The molecule has 0 bridgehead atoms. The Hall–Kier alpha value is -2.30. The van der Waals surface area contributed by atoms with Gasteiger partial charge in [0, 0.05) is 6.54 Å². The number of rotatable bonds is 5. The van der Waals surface area contributed by atoms with Gasteiger partial charge in [0.1, 0.15) is 5.75 Å². The minimum atomic E-state index is -0.675. The Bertz CT molecular complexity index is 608. The Morgan fingerprint density at radius 1 is 1.22 bits per heavy atom. The van der Waals surface area contributed by atoms with Crippen LogP contribution in [-0.4, -0.2) is 25.5 Å². The second kappa shape index (κ2) is 8.36. The van der Waals surface area contributed by atoms with Crippen LogP contribution in [0.1, 0.15) is 37.7 Å². The van der Waals surface area contributed by atoms with Crippen molar-refractivity contribution in [2.75, 3.05) is 19.0 Å². The molecule has 2 N–H and O–H groups in total. The van der Waals surface area contributed by atoms with Gasteiger partial charge in [-0.2, -0.15) is 0 Å². The number of allylic oxidation sites excluding steroid dienone is 1. The standard InChI is InChI=1S/C18H24N2O3/c1-13-8-9-16(23-2)15(12-13)20-18(22)17(21)19-11-10-14-6-4-3-5-7-14/h6,8-9,12H,3-5,7,10-11H2,1-2H3,(H,19,21)(H,20,22). The van der Waals surface area contributed by atoms with Crippen molar-refractivity contribution < 1.29 is 14.3 Å². The molecule has 2 amide bonds. The van der Waals surface area contributed by atoms with E-state index in [-0.39, 0.29) is 0 Å². The molecule has 1 aliphatic carbocycles. The maximum Gasteiger partial charge on any atom is 0.313 e. The first kappa shape index (κ1) is 17.1. The highest BCUT2D eigenvalue weighted by Gasteiger charge is 2.15. The molecule has 1 aliphatic rings. The predicted molar refractivity (Wildman–Crippen MR) is 90.5 cm³/mol. The van der Waals surface area contributed by atoms with Crippen LogP contribution >= 0.6 is 0 Å². The van der Waals surface area contributed by atoms with E-state index in [9.17, 15) is 9.59 Å². The van der Waals surface area contributed by atoms with Crippen LogP contribution in [-0.2, 0) is 9.59 Å². The molecule has 23 heavy (non-hydrogen) atoms. The lowest BCUT2D eigenvalue weighted by Gasteiger charge is -2.13. The number of amides is 2. The molecule has 0 radical (unpaired) electrons. The van der Waals surface area contributed by atoms with E-state index in [1.807, 2.05) is 13.0 Å². The fourth-order valence-corrected chi connectivity index (χ4v) is 2.65. The lowest BCUT2D eigenvalue weighted by atomic mass is 9.97. The van der Waals surface area contributed by atoms with Gasteiger partial charge in [0.15, 0.2) is 0 Å². The van der Waals surface area contributed by atoms with Crippen molar-refractivity contribution in [1.82, 2.24) is 5.32 Å². The van der Waals surface area contributed by atoms with Gasteiger partial charge in [-0.25, -0.2) is 0 Å². The zero-order valence-corrected chi connectivity index (χ0v) is 13.8. The third-order valence-electron chi connectivity index (χ3n) is 3.93. The average molecular weight is 316 g/mol. The number of carbonyl (C=O) groups is 2. The predicted octanol–water partition coefficient (Wildman–Crippen LogP) is 2.95. The molecule has 124 valence electrons. The fraction of sp³-hybridized carbons (Fsp3) is 0.444. The van der Waals surface area contributed by atoms with Gasteiger partial charge in [0.2, 0.25) is 0 Å². The van der Waals surface area contributed by atoms with Crippen LogP contribution in [0.5, 0.6) is 5.75 Å². The largest absolute Gasteiger partial charge is 0.495 e. The van der Waals surface area contributed by atoms with Crippen LogP contribution in [0.2, 0.25) is 0 Å². The van der Waals surface area contributed by atoms with Crippen molar-refractivity contribution in [1.29, 1.82) is 0 Å². The van der Waals surface area contributed by atoms with Crippen molar-refractivity contribution in [2.45, 2.75) is 39.0 Å². The van der Waals surface area contributed by atoms with E-state index in [4.69, 9.17) is 4.74 Å². The number of hydrogen-bond donors (Lipinski definition) is 2. The Kier molecular flexibility index (Phi) is 6.20. The molecular weight excluding hydrogens is 292 g/mol. The molecule has 2 rings (SSSR count). The molecular formula is C18H24N2O3. The molecule has 0 aromatic heterocycles. The molecule has 1 aromatic rings. The summed E-state index contributed by atoms with van der Waals surface area (Å²) in [6, 6.07) is 5.42. The highest BCUT2D eigenvalue weighted by atomic mass is 16.5. The van der Waals surface area contributed by atoms with Gasteiger partial charge in [-0.15, -0.1) is 0 Å². The first-order valence-corrected chi connectivity index (χ1v) is 8.02. The summed E-state index contributed by atoms with van der Waals surface area (Å²) in [6.45, 7) is 2.40. The molecule has 0 spiro atoms. The van der Waals surface area contributed by atoms with Crippen molar-refractivity contribution >= 4 is 17.5 Å². The lowest BCUT2D eigenvalue weighted by molar-refractivity contribution is -0.136. The summed E-state index contributed by atoms with van der Waals surface area (Å²) in [5.74, 6) is -0.763. The molecule has 0 fully saturated rings. The fourth-order valence-electron chi connectivity index (χ4n) is 2.65. The maximum atomic E-state index is 12.0. The minimum Gasteiger partial charge on any atom is -0.495 e. The summed E-state index contributed by atoms with van der Waals surface area (Å²) in [4.78, 5) is 23.9. The average Bonchev–Trinajstić information content (AvgIpc) is 2.56. The highest BCUT2D eigenvalue weighted by molar-refractivity contribution is 6.39. The van der Waals surface area contributed by atoms with Gasteiger partial charge in [0.25, 0.3) is 0 Å². The molecule has 0 saturated carbocycles. The Morgan fingerprint density at radius 3 is 2.74 bits per heavy atom. The van der Waals surface area contributed by atoms with Gasteiger partial charge < -0.3 is 15.4 Å². The number of anilines is 1. The summed E-state index contributed by atoms with van der Waals surface area (Å²) >= 11 is 0. The third-order valence-corrected chi connectivity index (χ3v) is 3.93. The summed E-state index contributed by atoms with van der Waals surface area (Å²) in [5.41, 5.74) is 2.85. The van der Waals surface area contributed by atoms with Gasteiger partial charge in [-0.1, -0.05) is 17.7 Å². The third kappa shape index (κ3) is 5.13. The molecule has 0 atom stereocenters. The van der Waals surface area contributed by atoms with Gasteiger partial charge in [0.05, 0.1) is 12.8 Å². The second-order valence-electron chi connectivity index (χ2n) is 5.77. The first-order valence-electron chi connectivity index (χ1n) is 8.02. The molecule has 0 aliphatic heterocycles. The number of aryl methyl sites for hydroxylation is 1. The van der Waals surface area contributed by atoms with Crippen LogP contribution in [0.4, 0.5) is 5.69 Å². The number of hydrogen-bond acceptors (Lipinski definition) is 3. The lowest BCUT2D eigenvalue weighted by Crippen LogP contribution is -2.36. The summed E-state index contributed by atoms with van der Waals surface area (Å²) in [7, 11) is 1.53. The molecule has 1 aromatic carbocycles. The molecule has 5 nitrogen and oxygen atoms in total. The smallest absolute Gasteiger partial charge is 0.313 e. The van der Waals surface area contributed by atoms with Crippen LogP contribution in [0, 0.1) is 6.92 Å². The van der Waals surface area contributed by atoms with E-state index in [1.54, 1.807) is 12.1 Å². The Labute approximate surface area is 137 Å². The molecule has 0 heterocycles. The van der Waals surface area contributed by atoms with E-state index in [1.165, 1.54) is 25.5 Å². The van der Waals surface area contributed by atoms with Crippen LogP contribution in [0.25, 0.3) is 0 Å². The number of ether oxygens (including phenoxy) is 1. The zero-order chi connectivity index (χ0) is 16.7. The monoisotopic (exact) mass is 316 g/mol. The molecule has 0 saturated heterocycles. The minimum absolute atomic E-state index is 0.489. The van der Waals surface area contributed by atoms with E-state index < -0.39 is 11.8 Å². The van der Waals surface area contributed by atoms with Crippen molar-refractivity contribution in [3.05, 3.63) is 35.4 Å². The van der Waals surface area contributed by atoms with E-state index >= 15 is 0 Å². The summed E-state index contributed by atoms with van der Waals surface area (Å²) in [6.07, 6.45) is 7.74. The number of methoxy groups -OCH3 is 1. The topological polar surface area (TPSA) is 67.4 Å². The van der Waals surface area contributed by atoms with Gasteiger partial charge >= 0.3 is 11.8 Å². The Morgan fingerprint density at radius 2 is 2.04 bits per heavy atom. The van der Waals surface area contributed by atoms with Gasteiger partial charge in [-0.3, -0.25) is 9.59 Å². The second-order valence-corrected chi connectivity index (χ2v) is 5.77. The number of benzene rings is 1. The highest BCUT2D eigenvalue weighted by Crippen LogP contribution is 2.25. The van der Waals surface area contributed by atoms with E-state index in [2.05, 4.69) is 16.7 Å². The quantitative estimate of drug-likeness (QED) is 0.648. The van der Waals surface area contributed by atoms with E-state index in [0.29, 0.717) is 18.0 Å². The van der Waals surface area contributed by atoms with Crippen LogP contribution < -0.4 is 15.4 Å². The van der Waals surface area contributed by atoms with Crippen molar-refractivity contribution in [3.63, 3.8) is 0 Å². The molecule has 0 unspecified atom stereocenters. The Balaban J connectivity index is 1.84. The maximum absolute atomic E-state index is 12.0. The van der Waals surface area contributed by atoms with Crippen LogP contribution in [0.3, 0.4) is 0 Å². The summed E-state index contributed by atoms with van der Waals surface area (Å²) < 4.78 is 5.19. The number of nitrogens with one attached hydrogen (secondary N) is 2. The van der Waals surface area contributed by atoms with Gasteiger partial charge in [-0.05, 0) is 56.7 Å². The first-order chi connectivity index (χ1) is 11.1.